The molecular weight excluding hydrogens is 503 g/mol. The summed E-state index contributed by atoms with van der Waals surface area (Å²) in [4.78, 5) is 17.3. The Morgan fingerprint density at radius 1 is 0.974 bits per heavy atom. The van der Waals surface area contributed by atoms with Crippen molar-refractivity contribution in [2.75, 3.05) is 39.9 Å². The van der Waals surface area contributed by atoms with Crippen molar-refractivity contribution >= 4 is 22.4 Å². The van der Waals surface area contributed by atoms with Crippen molar-refractivity contribution < 1.29 is 33.2 Å². The number of carbonyl (C=O) groups excluding carboxylic acids is 1. The van der Waals surface area contributed by atoms with Crippen molar-refractivity contribution in [1.82, 2.24) is 4.98 Å². The number of aliphatic hydroxyl groups excluding tert-OH is 1. The van der Waals surface area contributed by atoms with Crippen molar-refractivity contribution in [3.8, 4) is 23.0 Å². The number of methoxy groups -OCH3 is 3. The molecule has 3 aromatic carbocycles. The van der Waals surface area contributed by atoms with Crippen LogP contribution in [0.3, 0.4) is 0 Å². The summed E-state index contributed by atoms with van der Waals surface area (Å²) in [6, 6.07) is 11.8. The number of aromatic nitrogens is 1. The summed E-state index contributed by atoms with van der Waals surface area (Å²) >= 11 is 0. The Kier molecular flexibility index (Phi) is 10.2. The molecule has 0 bridgehead atoms. The van der Waals surface area contributed by atoms with Gasteiger partial charge in [-0.3, -0.25) is 4.79 Å². The van der Waals surface area contributed by atoms with Gasteiger partial charge in [-0.05, 0) is 31.2 Å². The highest BCUT2D eigenvalue weighted by Gasteiger charge is 2.28. The second-order valence-corrected chi connectivity index (χ2v) is 8.31. The minimum absolute atomic E-state index is 0.0961. The molecule has 0 aliphatic heterocycles. The fraction of sp³-hybridized carbons (Fsp3) is 0.300. The van der Waals surface area contributed by atoms with Gasteiger partial charge in [-0.2, -0.15) is 0 Å². The minimum atomic E-state index is -0.949. The summed E-state index contributed by atoms with van der Waals surface area (Å²) in [5.41, 5.74) is 3.09. The molecule has 3 N–H and O–H groups in total. The Bertz CT molecular complexity index is 1420. The Balaban J connectivity index is 0.00000205. The van der Waals surface area contributed by atoms with E-state index in [2.05, 4.69) is 10.3 Å². The van der Waals surface area contributed by atoms with Crippen molar-refractivity contribution in [1.29, 1.82) is 0 Å². The molecule has 0 aliphatic rings. The molecule has 0 radical (unpaired) electrons. The number of aryl methyl sites for hydroxylation is 1. The summed E-state index contributed by atoms with van der Waals surface area (Å²) in [6.45, 7) is 5.85. The number of halogens is 1. The SMILES string of the molecule is CC.COc1cc(NC(C(=O)c2c[nH]c3c(C)c(OC)ccc23)c2ccc(F)cc2OC)cc(OCCO)c1. The third kappa shape index (κ3) is 6.43. The van der Waals surface area contributed by atoms with Gasteiger partial charge in [0.1, 0.15) is 41.5 Å². The largest absolute Gasteiger partial charge is 0.497 e. The zero-order chi connectivity index (χ0) is 28.5. The number of fused-ring (bicyclic) bond motifs is 1. The van der Waals surface area contributed by atoms with Crippen LogP contribution in [0.25, 0.3) is 10.9 Å². The zero-order valence-corrected chi connectivity index (χ0v) is 23.1. The number of nitrogens with one attached hydrogen (secondary N) is 2. The molecule has 0 aliphatic carbocycles. The molecular formula is C30H35FN2O6. The highest BCUT2D eigenvalue weighted by molar-refractivity contribution is 6.12. The summed E-state index contributed by atoms with van der Waals surface area (Å²) in [5.74, 6) is 1.12. The molecule has 0 spiro atoms. The molecule has 4 aromatic rings. The quantitative estimate of drug-likeness (QED) is 0.199. The monoisotopic (exact) mass is 538 g/mol. The Hall–Kier alpha value is -4.24. The number of hydrogen-bond donors (Lipinski definition) is 3. The molecule has 1 unspecified atom stereocenters. The van der Waals surface area contributed by atoms with E-state index >= 15 is 0 Å². The molecule has 9 heteroatoms. The number of aromatic amines is 1. The normalized spacial score (nSPS) is 11.3. The van der Waals surface area contributed by atoms with E-state index in [1.165, 1.54) is 32.4 Å². The van der Waals surface area contributed by atoms with Crippen LogP contribution in [-0.4, -0.2) is 50.4 Å². The lowest BCUT2D eigenvalue weighted by Gasteiger charge is -2.22. The van der Waals surface area contributed by atoms with Crippen LogP contribution in [-0.2, 0) is 0 Å². The lowest BCUT2D eigenvalue weighted by atomic mass is 9.95. The van der Waals surface area contributed by atoms with Crippen LogP contribution >= 0.6 is 0 Å². The van der Waals surface area contributed by atoms with E-state index in [9.17, 15) is 9.18 Å². The van der Waals surface area contributed by atoms with E-state index in [0.29, 0.717) is 34.1 Å². The number of H-pyrrole nitrogens is 1. The molecule has 8 nitrogen and oxygen atoms in total. The van der Waals surface area contributed by atoms with Crippen LogP contribution in [0.15, 0.2) is 54.7 Å². The first kappa shape index (κ1) is 29.3. The lowest BCUT2D eigenvalue weighted by molar-refractivity contribution is 0.0970. The zero-order valence-electron chi connectivity index (χ0n) is 23.1. The number of aliphatic hydroxyl groups is 1. The van der Waals surface area contributed by atoms with Gasteiger partial charge in [-0.15, -0.1) is 0 Å². The van der Waals surface area contributed by atoms with Gasteiger partial charge in [0.25, 0.3) is 0 Å². The van der Waals surface area contributed by atoms with Gasteiger partial charge in [-0.25, -0.2) is 4.39 Å². The smallest absolute Gasteiger partial charge is 0.191 e. The van der Waals surface area contributed by atoms with Gasteiger partial charge in [0, 0.05) is 58.2 Å². The molecule has 1 heterocycles. The first-order chi connectivity index (χ1) is 18.9. The van der Waals surface area contributed by atoms with E-state index in [1.54, 1.807) is 31.5 Å². The minimum Gasteiger partial charge on any atom is -0.497 e. The molecule has 0 saturated heterocycles. The van der Waals surface area contributed by atoms with Crippen LogP contribution in [0, 0.1) is 12.7 Å². The van der Waals surface area contributed by atoms with Crippen molar-refractivity contribution in [2.24, 2.45) is 0 Å². The molecule has 1 aromatic heterocycles. The molecule has 0 amide bonds. The average Bonchev–Trinajstić information content (AvgIpc) is 3.40. The highest BCUT2D eigenvalue weighted by Crippen LogP contribution is 2.36. The average molecular weight is 539 g/mol. The van der Waals surface area contributed by atoms with Gasteiger partial charge < -0.3 is 34.4 Å². The van der Waals surface area contributed by atoms with Crippen LogP contribution < -0.4 is 24.3 Å². The number of carbonyl (C=O) groups is 1. The van der Waals surface area contributed by atoms with Crippen molar-refractivity contribution in [3.05, 3.63) is 77.2 Å². The van der Waals surface area contributed by atoms with E-state index < -0.39 is 11.9 Å². The maximum absolute atomic E-state index is 14.1. The van der Waals surface area contributed by atoms with Crippen LogP contribution in [0.1, 0.15) is 41.4 Å². The Labute approximate surface area is 227 Å². The van der Waals surface area contributed by atoms with Crippen LogP contribution in [0.4, 0.5) is 10.1 Å². The highest BCUT2D eigenvalue weighted by atomic mass is 19.1. The summed E-state index contributed by atoms with van der Waals surface area (Å²) in [6.07, 6.45) is 1.66. The molecule has 0 fully saturated rings. The summed E-state index contributed by atoms with van der Waals surface area (Å²) < 4.78 is 35.8. The molecule has 4 rings (SSSR count). The first-order valence-electron chi connectivity index (χ1n) is 12.6. The molecule has 1 atom stereocenters. The number of hydrogen-bond acceptors (Lipinski definition) is 7. The number of anilines is 1. The molecule has 39 heavy (non-hydrogen) atoms. The van der Waals surface area contributed by atoms with E-state index in [-0.39, 0.29) is 24.7 Å². The molecule has 0 saturated carbocycles. The van der Waals surface area contributed by atoms with Crippen LogP contribution in [0.5, 0.6) is 23.0 Å². The summed E-state index contributed by atoms with van der Waals surface area (Å²) in [7, 11) is 4.53. The first-order valence-corrected chi connectivity index (χ1v) is 12.6. The van der Waals surface area contributed by atoms with Gasteiger partial charge in [0.15, 0.2) is 5.78 Å². The fourth-order valence-corrected chi connectivity index (χ4v) is 4.30. The standard InChI is InChI=1S/C28H29FN2O6.C2H6/c1-16-24(35-3)8-7-21-23(15-30-26(16)21)28(33)27(22-6-5-17(29)11-25(22)36-4)31-18-12-19(34-2)14-20(13-18)37-10-9-32;1-2/h5-8,11-15,27,30-32H,9-10H2,1-4H3;1-2H3. The number of ketones is 1. The van der Waals surface area contributed by atoms with E-state index in [0.717, 1.165) is 16.5 Å². The van der Waals surface area contributed by atoms with Crippen molar-refractivity contribution in [3.63, 3.8) is 0 Å². The Morgan fingerprint density at radius 2 is 1.69 bits per heavy atom. The van der Waals surface area contributed by atoms with Gasteiger partial charge in [0.05, 0.1) is 33.5 Å². The van der Waals surface area contributed by atoms with E-state index in [1.807, 2.05) is 32.9 Å². The lowest BCUT2D eigenvalue weighted by Crippen LogP contribution is -2.22. The van der Waals surface area contributed by atoms with Gasteiger partial charge in [-0.1, -0.05) is 13.8 Å². The summed E-state index contributed by atoms with van der Waals surface area (Å²) in [5, 5.41) is 13.1. The Morgan fingerprint density at radius 3 is 2.36 bits per heavy atom. The van der Waals surface area contributed by atoms with Crippen molar-refractivity contribution in [2.45, 2.75) is 26.8 Å². The second kappa shape index (κ2) is 13.5. The topological polar surface area (TPSA) is 102 Å². The number of rotatable bonds is 11. The second-order valence-electron chi connectivity index (χ2n) is 8.31. The fourth-order valence-electron chi connectivity index (χ4n) is 4.30. The number of Topliss-reactive ketones (excluding diaryl/α,β-unsaturated/α-hetero) is 1. The maximum Gasteiger partial charge on any atom is 0.191 e. The van der Waals surface area contributed by atoms with Gasteiger partial charge >= 0.3 is 0 Å². The van der Waals surface area contributed by atoms with Crippen LogP contribution in [0.2, 0.25) is 0 Å². The number of benzene rings is 3. The van der Waals surface area contributed by atoms with E-state index in [4.69, 9.17) is 24.1 Å². The maximum atomic E-state index is 14.1. The predicted molar refractivity (Wildman–Crippen MR) is 150 cm³/mol. The predicted octanol–water partition coefficient (Wildman–Crippen LogP) is 6.07. The number of ether oxygens (including phenoxy) is 4. The third-order valence-corrected chi connectivity index (χ3v) is 6.11. The molecule has 208 valence electrons. The third-order valence-electron chi connectivity index (χ3n) is 6.11. The van der Waals surface area contributed by atoms with Gasteiger partial charge in [0.2, 0.25) is 0 Å².